The number of ether oxygens (including phenoxy) is 1. The van der Waals surface area contributed by atoms with Crippen molar-refractivity contribution in [3.05, 3.63) is 71.3 Å². The second-order valence-electron chi connectivity index (χ2n) is 4.34. The summed E-state index contributed by atoms with van der Waals surface area (Å²) in [5.74, 6) is 0. The standard InChI is InChI=1S/C16H17NO3/c18-11-15-9-5-4-8-14(15)10-17-16(19)20-12-13-6-2-1-3-7-13/h1-9,18H,10-12H2,(H,17,19). The summed E-state index contributed by atoms with van der Waals surface area (Å²) >= 11 is 0. The Morgan fingerprint density at radius 1 is 1.00 bits per heavy atom. The molecule has 0 heterocycles. The number of carbonyl (C=O) groups is 1. The molecule has 2 aromatic carbocycles. The SMILES string of the molecule is O=C(NCc1ccccc1CO)OCc1ccccc1. The van der Waals surface area contributed by atoms with Crippen LogP contribution in [0.1, 0.15) is 16.7 Å². The Balaban J connectivity index is 1.80. The zero-order valence-electron chi connectivity index (χ0n) is 11.1. The van der Waals surface area contributed by atoms with Gasteiger partial charge < -0.3 is 15.2 Å². The fourth-order valence-corrected chi connectivity index (χ4v) is 1.83. The van der Waals surface area contributed by atoms with Crippen molar-refractivity contribution >= 4 is 6.09 Å². The molecular weight excluding hydrogens is 254 g/mol. The molecule has 1 amide bonds. The molecule has 0 atom stereocenters. The summed E-state index contributed by atoms with van der Waals surface area (Å²) in [5, 5.41) is 11.9. The first-order valence-electron chi connectivity index (χ1n) is 6.42. The minimum Gasteiger partial charge on any atom is -0.445 e. The Kier molecular flexibility index (Phi) is 5.15. The molecule has 0 aliphatic rings. The molecule has 2 rings (SSSR count). The van der Waals surface area contributed by atoms with E-state index in [1.165, 1.54) is 0 Å². The van der Waals surface area contributed by atoms with Crippen molar-refractivity contribution in [1.29, 1.82) is 0 Å². The molecule has 20 heavy (non-hydrogen) atoms. The van der Waals surface area contributed by atoms with Crippen LogP contribution >= 0.6 is 0 Å². The molecule has 0 saturated carbocycles. The van der Waals surface area contributed by atoms with E-state index in [9.17, 15) is 9.90 Å². The maximum absolute atomic E-state index is 11.6. The van der Waals surface area contributed by atoms with E-state index < -0.39 is 6.09 Å². The molecule has 0 aliphatic carbocycles. The predicted molar refractivity (Wildman–Crippen MR) is 75.8 cm³/mol. The topological polar surface area (TPSA) is 58.6 Å². The van der Waals surface area contributed by atoms with Crippen LogP contribution in [0.5, 0.6) is 0 Å². The second-order valence-corrected chi connectivity index (χ2v) is 4.34. The Morgan fingerprint density at radius 3 is 2.35 bits per heavy atom. The molecule has 0 unspecified atom stereocenters. The molecular formula is C16H17NO3. The van der Waals surface area contributed by atoms with Gasteiger partial charge in [0.05, 0.1) is 6.61 Å². The van der Waals surface area contributed by atoms with Gasteiger partial charge >= 0.3 is 6.09 Å². The first kappa shape index (κ1) is 14.1. The Morgan fingerprint density at radius 2 is 1.65 bits per heavy atom. The largest absolute Gasteiger partial charge is 0.445 e. The van der Waals surface area contributed by atoms with E-state index >= 15 is 0 Å². The molecule has 104 valence electrons. The van der Waals surface area contributed by atoms with Crippen LogP contribution in [0, 0.1) is 0 Å². The molecule has 2 N–H and O–H groups in total. The number of hydrogen-bond acceptors (Lipinski definition) is 3. The number of nitrogens with one attached hydrogen (secondary N) is 1. The molecule has 0 aromatic heterocycles. The quantitative estimate of drug-likeness (QED) is 0.878. The van der Waals surface area contributed by atoms with E-state index in [1.54, 1.807) is 0 Å². The van der Waals surface area contributed by atoms with Crippen LogP contribution in [0.2, 0.25) is 0 Å². The molecule has 0 fully saturated rings. The number of rotatable bonds is 5. The van der Waals surface area contributed by atoms with Gasteiger partial charge in [0, 0.05) is 6.54 Å². The summed E-state index contributed by atoms with van der Waals surface area (Å²) in [4.78, 5) is 11.6. The lowest BCUT2D eigenvalue weighted by molar-refractivity contribution is 0.139. The maximum atomic E-state index is 11.6. The third-order valence-electron chi connectivity index (χ3n) is 2.92. The van der Waals surface area contributed by atoms with Crippen LogP contribution in [0.15, 0.2) is 54.6 Å². The lowest BCUT2D eigenvalue weighted by atomic mass is 10.1. The van der Waals surface area contributed by atoms with Crippen LogP contribution in [0.25, 0.3) is 0 Å². The minimum atomic E-state index is -0.471. The number of alkyl carbamates (subject to hydrolysis) is 1. The van der Waals surface area contributed by atoms with Gasteiger partial charge in [0.25, 0.3) is 0 Å². The van der Waals surface area contributed by atoms with E-state index in [-0.39, 0.29) is 13.2 Å². The highest BCUT2D eigenvalue weighted by Crippen LogP contribution is 2.08. The average molecular weight is 271 g/mol. The molecule has 2 aromatic rings. The Hall–Kier alpha value is -2.33. The minimum absolute atomic E-state index is 0.0447. The summed E-state index contributed by atoms with van der Waals surface area (Å²) < 4.78 is 5.11. The average Bonchev–Trinajstić information content (AvgIpc) is 2.52. The highest BCUT2D eigenvalue weighted by atomic mass is 16.5. The van der Waals surface area contributed by atoms with Gasteiger partial charge in [0.1, 0.15) is 6.61 Å². The number of hydrogen-bond donors (Lipinski definition) is 2. The van der Waals surface area contributed by atoms with Crippen LogP contribution in [0.4, 0.5) is 4.79 Å². The van der Waals surface area contributed by atoms with Gasteiger partial charge in [-0.2, -0.15) is 0 Å². The number of amides is 1. The van der Waals surface area contributed by atoms with Gasteiger partial charge in [-0.25, -0.2) is 4.79 Å². The smallest absolute Gasteiger partial charge is 0.407 e. The second kappa shape index (κ2) is 7.31. The van der Waals surface area contributed by atoms with E-state index in [1.807, 2.05) is 54.6 Å². The van der Waals surface area contributed by atoms with Gasteiger partial charge in [0.2, 0.25) is 0 Å². The highest BCUT2D eigenvalue weighted by molar-refractivity contribution is 5.67. The summed E-state index contributed by atoms with van der Waals surface area (Å²) in [6.45, 7) is 0.537. The monoisotopic (exact) mass is 271 g/mol. The zero-order chi connectivity index (χ0) is 14.2. The summed E-state index contributed by atoms with van der Waals surface area (Å²) in [7, 11) is 0. The molecule has 0 saturated heterocycles. The van der Waals surface area contributed by atoms with Crippen LogP contribution in [0.3, 0.4) is 0 Å². The van der Waals surface area contributed by atoms with E-state index in [2.05, 4.69) is 5.32 Å². The Labute approximate surface area is 118 Å². The normalized spacial score (nSPS) is 10.1. The first-order chi connectivity index (χ1) is 9.79. The van der Waals surface area contributed by atoms with E-state index in [0.29, 0.717) is 6.54 Å². The van der Waals surface area contributed by atoms with Crippen LogP contribution in [-0.4, -0.2) is 11.2 Å². The molecule has 0 bridgehead atoms. The zero-order valence-corrected chi connectivity index (χ0v) is 11.1. The van der Waals surface area contributed by atoms with Crippen LogP contribution in [-0.2, 0) is 24.5 Å². The Bertz CT molecular complexity index is 555. The first-order valence-corrected chi connectivity index (χ1v) is 6.42. The van der Waals surface area contributed by atoms with Gasteiger partial charge in [-0.15, -0.1) is 0 Å². The van der Waals surface area contributed by atoms with Gasteiger partial charge in [-0.3, -0.25) is 0 Å². The maximum Gasteiger partial charge on any atom is 0.407 e. The van der Waals surface area contributed by atoms with Crippen molar-refractivity contribution in [1.82, 2.24) is 5.32 Å². The lowest BCUT2D eigenvalue weighted by Gasteiger charge is -2.09. The van der Waals surface area contributed by atoms with Gasteiger partial charge in [0.15, 0.2) is 0 Å². The molecule has 0 radical (unpaired) electrons. The van der Waals surface area contributed by atoms with Gasteiger partial charge in [-0.1, -0.05) is 54.6 Å². The summed E-state index contributed by atoms with van der Waals surface area (Å²) in [5.41, 5.74) is 2.63. The van der Waals surface area contributed by atoms with Crippen molar-refractivity contribution < 1.29 is 14.6 Å². The molecule has 4 heteroatoms. The predicted octanol–water partition coefficient (Wildman–Crippen LogP) is 2.61. The van der Waals surface area contributed by atoms with Crippen molar-refractivity contribution in [2.24, 2.45) is 0 Å². The number of aliphatic hydroxyl groups excluding tert-OH is 1. The van der Waals surface area contributed by atoms with Gasteiger partial charge in [-0.05, 0) is 16.7 Å². The lowest BCUT2D eigenvalue weighted by Crippen LogP contribution is -2.24. The third kappa shape index (κ3) is 4.10. The number of benzene rings is 2. The molecule has 0 aliphatic heterocycles. The third-order valence-corrected chi connectivity index (χ3v) is 2.92. The van der Waals surface area contributed by atoms with Crippen molar-refractivity contribution in [3.8, 4) is 0 Å². The summed E-state index contributed by atoms with van der Waals surface area (Å²) in [6, 6.07) is 16.9. The van der Waals surface area contributed by atoms with Crippen molar-refractivity contribution in [2.75, 3.05) is 0 Å². The number of aliphatic hydroxyl groups is 1. The van der Waals surface area contributed by atoms with E-state index in [0.717, 1.165) is 16.7 Å². The molecule has 4 nitrogen and oxygen atoms in total. The fourth-order valence-electron chi connectivity index (χ4n) is 1.83. The molecule has 0 spiro atoms. The fraction of sp³-hybridized carbons (Fsp3) is 0.188. The summed E-state index contributed by atoms with van der Waals surface area (Å²) in [6.07, 6.45) is -0.471. The van der Waals surface area contributed by atoms with Crippen LogP contribution < -0.4 is 5.32 Å². The van der Waals surface area contributed by atoms with Crippen molar-refractivity contribution in [3.63, 3.8) is 0 Å². The highest BCUT2D eigenvalue weighted by Gasteiger charge is 2.05. The van der Waals surface area contributed by atoms with E-state index in [4.69, 9.17) is 4.74 Å². The number of carbonyl (C=O) groups excluding carboxylic acids is 1. The van der Waals surface area contributed by atoms with Crippen molar-refractivity contribution in [2.45, 2.75) is 19.8 Å².